The van der Waals surface area contributed by atoms with E-state index in [1.165, 1.54) is 23.2 Å². The minimum Gasteiger partial charge on any atom is -0.394 e. The summed E-state index contributed by atoms with van der Waals surface area (Å²) in [5, 5.41) is 9.16. The Bertz CT molecular complexity index is 456. The molecule has 1 aromatic heterocycles. The highest BCUT2D eigenvalue weighted by atomic mass is 19.4. The van der Waals surface area contributed by atoms with E-state index in [9.17, 15) is 18.0 Å². The Kier molecular flexibility index (Phi) is 3.84. The molecule has 0 unspecified atom stereocenters. The molecule has 1 atom stereocenters. The number of hydrogen-bond donors (Lipinski definition) is 1. The lowest BCUT2D eigenvalue weighted by Gasteiger charge is -2.23. The van der Waals surface area contributed by atoms with Crippen LogP contribution in [0.3, 0.4) is 0 Å². The average Bonchev–Trinajstić information content (AvgIpc) is 2.93. The van der Waals surface area contributed by atoms with Crippen molar-refractivity contribution in [3.05, 3.63) is 24.0 Å². The zero-order chi connectivity index (χ0) is 14.0. The fourth-order valence-electron chi connectivity index (χ4n) is 2.38. The molecule has 0 spiro atoms. The summed E-state index contributed by atoms with van der Waals surface area (Å²) >= 11 is 0. The number of nitrogens with zero attached hydrogens (tertiary/aromatic N) is 2. The van der Waals surface area contributed by atoms with Gasteiger partial charge in [0.25, 0.3) is 5.91 Å². The lowest BCUT2D eigenvalue weighted by Crippen LogP contribution is -2.39. The maximum Gasteiger partial charge on any atom is 0.406 e. The SMILES string of the molecule is O=C(c1cccn1CC(F)(F)F)N1CCC[C@@H]1CO. The average molecular weight is 276 g/mol. The summed E-state index contributed by atoms with van der Waals surface area (Å²) in [6.45, 7) is -0.869. The largest absolute Gasteiger partial charge is 0.406 e. The number of hydrogen-bond acceptors (Lipinski definition) is 2. The molecule has 2 heterocycles. The molecule has 0 saturated carbocycles. The maximum absolute atomic E-state index is 12.4. The van der Waals surface area contributed by atoms with Gasteiger partial charge < -0.3 is 14.6 Å². The standard InChI is InChI=1S/C12H15F3N2O2/c13-12(14,15)8-16-5-2-4-10(16)11(19)17-6-1-3-9(17)7-18/h2,4-5,9,18H,1,3,6-8H2/t9-/m1/s1. The quantitative estimate of drug-likeness (QED) is 0.912. The number of carbonyl (C=O) groups is 1. The molecule has 1 N–H and O–H groups in total. The van der Waals surface area contributed by atoms with Gasteiger partial charge in [-0.2, -0.15) is 13.2 Å². The van der Waals surface area contributed by atoms with E-state index in [1.807, 2.05) is 0 Å². The van der Waals surface area contributed by atoms with Crippen molar-refractivity contribution in [3.63, 3.8) is 0 Å². The number of alkyl halides is 3. The van der Waals surface area contributed by atoms with Crippen LogP contribution in [0.1, 0.15) is 23.3 Å². The molecule has 4 nitrogen and oxygen atoms in total. The minimum atomic E-state index is -4.37. The lowest BCUT2D eigenvalue weighted by molar-refractivity contribution is -0.140. The molecule has 1 saturated heterocycles. The summed E-state index contributed by atoms with van der Waals surface area (Å²) in [5.74, 6) is -0.453. The highest BCUT2D eigenvalue weighted by Crippen LogP contribution is 2.23. The molecule has 1 fully saturated rings. The van der Waals surface area contributed by atoms with Gasteiger partial charge in [0.15, 0.2) is 0 Å². The first-order valence-electron chi connectivity index (χ1n) is 6.06. The van der Waals surface area contributed by atoms with Crippen LogP contribution >= 0.6 is 0 Å². The van der Waals surface area contributed by atoms with Crippen LogP contribution in [0.25, 0.3) is 0 Å². The molecule has 2 rings (SSSR count). The summed E-state index contributed by atoms with van der Waals surface area (Å²) in [6.07, 6.45) is -1.68. The predicted octanol–water partition coefficient (Wildman–Crippen LogP) is 1.65. The van der Waals surface area contributed by atoms with Gasteiger partial charge in [-0.15, -0.1) is 0 Å². The number of aliphatic hydroxyl groups excluding tert-OH is 1. The van der Waals surface area contributed by atoms with Gasteiger partial charge in [0, 0.05) is 12.7 Å². The van der Waals surface area contributed by atoms with Crippen LogP contribution in [0.4, 0.5) is 13.2 Å². The number of halogens is 3. The number of carbonyl (C=O) groups excluding carboxylic acids is 1. The number of likely N-dealkylation sites (tertiary alicyclic amines) is 1. The van der Waals surface area contributed by atoms with Gasteiger partial charge >= 0.3 is 6.18 Å². The predicted molar refractivity (Wildman–Crippen MR) is 61.6 cm³/mol. The fraction of sp³-hybridized carbons (Fsp3) is 0.583. The van der Waals surface area contributed by atoms with Crippen LogP contribution in [0.2, 0.25) is 0 Å². The molecule has 1 amide bonds. The van der Waals surface area contributed by atoms with Gasteiger partial charge in [0.05, 0.1) is 12.6 Å². The smallest absolute Gasteiger partial charge is 0.394 e. The number of aliphatic hydroxyl groups is 1. The van der Waals surface area contributed by atoms with Crippen molar-refractivity contribution < 1.29 is 23.1 Å². The molecule has 1 aliphatic rings. The molecule has 0 radical (unpaired) electrons. The third-order valence-electron chi connectivity index (χ3n) is 3.25. The van der Waals surface area contributed by atoms with Crippen LogP contribution < -0.4 is 0 Å². The van der Waals surface area contributed by atoms with Crippen molar-refractivity contribution in [2.45, 2.75) is 31.6 Å². The summed E-state index contributed by atoms with van der Waals surface area (Å²) in [4.78, 5) is 13.7. The zero-order valence-corrected chi connectivity index (χ0v) is 10.2. The summed E-state index contributed by atoms with van der Waals surface area (Å²) in [6, 6.07) is 2.51. The molecule has 106 valence electrons. The second kappa shape index (κ2) is 5.24. The normalized spacial score (nSPS) is 20.0. The van der Waals surface area contributed by atoms with Crippen LogP contribution in [0.15, 0.2) is 18.3 Å². The van der Waals surface area contributed by atoms with Crippen molar-refractivity contribution in [1.82, 2.24) is 9.47 Å². The Balaban J connectivity index is 2.18. The molecule has 19 heavy (non-hydrogen) atoms. The van der Waals surface area contributed by atoms with Crippen molar-refractivity contribution in [3.8, 4) is 0 Å². The summed E-state index contributed by atoms with van der Waals surface area (Å²) in [7, 11) is 0. The maximum atomic E-state index is 12.4. The van der Waals surface area contributed by atoms with Crippen LogP contribution in [0.5, 0.6) is 0 Å². The van der Waals surface area contributed by atoms with Gasteiger partial charge in [-0.05, 0) is 25.0 Å². The fourth-order valence-corrected chi connectivity index (χ4v) is 2.38. The molecule has 1 aromatic rings. The monoisotopic (exact) mass is 276 g/mol. The highest BCUT2D eigenvalue weighted by Gasteiger charge is 2.33. The van der Waals surface area contributed by atoms with E-state index >= 15 is 0 Å². The summed E-state index contributed by atoms with van der Waals surface area (Å²) < 4.78 is 38.1. The van der Waals surface area contributed by atoms with Crippen molar-refractivity contribution >= 4 is 5.91 Å². The molecular formula is C12H15F3N2O2. The molecule has 1 aliphatic heterocycles. The minimum absolute atomic E-state index is 0.0117. The third kappa shape index (κ3) is 3.09. The second-order valence-corrected chi connectivity index (χ2v) is 4.61. The Morgan fingerprint density at radius 1 is 1.47 bits per heavy atom. The number of amides is 1. The summed E-state index contributed by atoms with van der Waals surface area (Å²) in [5.41, 5.74) is 0.0117. The van der Waals surface area contributed by atoms with Crippen molar-refractivity contribution in [2.75, 3.05) is 13.2 Å². The van der Waals surface area contributed by atoms with E-state index in [0.29, 0.717) is 13.0 Å². The van der Waals surface area contributed by atoms with Gasteiger partial charge in [-0.25, -0.2) is 0 Å². The van der Waals surface area contributed by atoms with Gasteiger partial charge in [0.1, 0.15) is 12.2 Å². The van der Waals surface area contributed by atoms with Crippen LogP contribution in [-0.4, -0.2) is 45.9 Å². The molecule has 0 aliphatic carbocycles. The van der Waals surface area contributed by atoms with Crippen molar-refractivity contribution in [2.24, 2.45) is 0 Å². The molecular weight excluding hydrogens is 261 g/mol. The lowest BCUT2D eigenvalue weighted by atomic mass is 10.2. The first kappa shape index (κ1) is 13.9. The van der Waals surface area contributed by atoms with E-state index in [-0.39, 0.29) is 18.3 Å². The van der Waals surface area contributed by atoms with E-state index < -0.39 is 18.6 Å². The molecule has 0 aromatic carbocycles. The zero-order valence-electron chi connectivity index (χ0n) is 10.2. The van der Waals surface area contributed by atoms with Gasteiger partial charge in [-0.3, -0.25) is 4.79 Å². The van der Waals surface area contributed by atoms with E-state index in [2.05, 4.69) is 0 Å². The first-order valence-corrected chi connectivity index (χ1v) is 6.06. The first-order chi connectivity index (χ1) is 8.92. The number of aromatic nitrogens is 1. The van der Waals surface area contributed by atoms with Crippen LogP contribution in [0, 0.1) is 0 Å². The Hall–Kier alpha value is -1.50. The van der Waals surface area contributed by atoms with Crippen LogP contribution in [-0.2, 0) is 6.54 Å². The van der Waals surface area contributed by atoms with Crippen molar-refractivity contribution in [1.29, 1.82) is 0 Å². The third-order valence-corrected chi connectivity index (χ3v) is 3.25. The second-order valence-electron chi connectivity index (χ2n) is 4.61. The molecule has 7 heteroatoms. The Morgan fingerprint density at radius 2 is 2.21 bits per heavy atom. The Morgan fingerprint density at radius 3 is 2.84 bits per heavy atom. The Labute approximate surface area is 108 Å². The van der Waals surface area contributed by atoms with E-state index in [1.54, 1.807) is 0 Å². The molecule has 0 bridgehead atoms. The van der Waals surface area contributed by atoms with E-state index in [4.69, 9.17) is 5.11 Å². The van der Waals surface area contributed by atoms with E-state index in [0.717, 1.165) is 11.0 Å². The topological polar surface area (TPSA) is 45.5 Å². The number of rotatable bonds is 3. The van der Waals surface area contributed by atoms with Gasteiger partial charge in [-0.1, -0.05) is 0 Å². The van der Waals surface area contributed by atoms with Gasteiger partial charge in [0.2, 0.25) is 0 Å². The highest BCUT2D eigenvalue weighted by molar-refractivity contribution is 5.93.